The number of nitrogens with one attached hydrogen (secondary N) is 1. The summed E-state index contributed by atoms with van der Waals surface area (Å²) in [6.07, 6.45) is 6.79. The minimum atomic E-state index is -0.748. The molecule has 0 aromatic rings. The Hall–Kier alpha value is -0.320. The number of morpholine rings is 1. The molecule has 0 saturated carbocycles. The highest BCUT2D eigenvalue weighted by atomic mass is 16.8. The van der Waals surface area contributed by atoms with E-state index in [9.17, 15) is 5.11 Å². The Morgan fingerprint density at radius 3 is 2.45 bits per heavy atom. The van der Waals surface area contributed by atoms with Crippen LogP contribution in [-0.4, -0.2) is 80.3 Å². The Morgan fingerprint density at radius 1 is 1.03 bits per heavy atom. The molecule has 0 spiro atoms. The van der Waals surface area contributed by atoms with Gasteiger partial charge in [0.25, 0.3) is 0 Å². The van der Waals surface area contributed by atoms with Crippen molar-refractivity contribution in [2.24, 2.45) is 0 Å². The van der Waals surface area contributed by atoms with Gasteiger partial charge in [-0.3, -0.25) is 0 Å². The summed E-state index contributed by atoms with van der Waals surface area (Å²) in [5.74, 6) is -0.748. The predicted octanol–water partition coefficient (Wildman–Crippen LogP) is 3.49. The number of hydrogen-bond acceptors (Lipinski definition) is 8. The molecule has 7 atom stereocenters. The number of hydrogen-bond donors (Lipinski definition) is 2. The molecule has 3 aliphatic heterocycles. The number of ether oxygens (including phenoxy) is 6. The summed E-state index contributed by atoms with van der Waals surface area (Å²) in [7, 11) is 0. The molecule has 33 heavy (non-hydrogen) atoms. The molecule has 194 valence electrons. The molecule has 0 aliphatic carbocycles. The van der Waals surface area contributed by atoms with E-state index < -0.39 is 36.5 Å². The van der Waals surface area contributed by atoms with Crippen molar-refractivity contribution in [2.75, 3.05) is 26.3 Å². The first kappa shape index (κ1) is 27.3. The van der Waals surface area contributed by atoms with Crippen molar-refractivity contribution in [1.29, 1.82) is 0 Å². The average Bonchev–Trinajstić information content (AvgIpc) is 3.28. The van der Waals surface area contributed by atoms with E-state index in [4.69, 9.17) is 28.4 Å². The zero-order valence-corrected chi connectivity index (χ0v) is 21.1. The maximum absolute atomic E-state index is 11.0. The molecule has 3 heterocycles. The Kier molecular flexibility index (Phi) is 11.3. The predicted molar refractivity (Wildman–Crippen MR) is 125 cm³/mol. The van der Waals surface area contributed by atoms with Gasteiger partial charge < -0.3 is 38.8 Å². The molecule has 2 N–H and O–H groups in total. The fraction of sp³-hybridized carbons (Fsp3) is 1.00. The Labute approximate surface area is 200 Å². The maximum Gasteiger partial charge on any atom is 0.190 e. The highest BCUT2D eigenvalue weighted by molar-refractivity contribution is 4.98. The van der Waals surface area contributed by atoms with Gasteiger partial charge in [-0.05, 0) is 26.7 Å². The molecular formula is C25H47NO7. The van der Waals surface area contributed by atoms with E-state index in [0.29, 0.717) is 26.1 Å². The largest absolute Gasteiger partial charge is 0.390 e. The Bertz CT molecular complexity index is 543. The lowest BCUT2D eigenvalue weighted by molar-refractivity contribution is -0.288. The average molecular weight is 474 g/mol. The van der Waals surface area contributed by atoms with Gasteiger partial charge in [-0.25, -0.2) is 0 Å². The second-order valence-corrected chi connectivity index (χ2v) is 10.00. The van der Waals surface area contributed by atoms with Crippen LogP contribution in [-0.2, 0) is 28.4 Å². The summed E-state index contributed by atoms with van der Waals surface area (Å²) in [6, 6.07) is 0. The molecule has 3 fully saturated rings. The zero-order valence-electron chi connectivity index (χ0n) is 21.1. The third-order valence-electron chi connectivity index (χ3n) is 6.61. The topological polar surface area (TPSA) is 87.6 Å². The molecule has 0 radical (unpaired) electrons. The summed E-state index contributed by atoms with van der Waals surface area (Å²) < 4.78 is 36.3. The first-order valence-electron chi connectivity index (χ1n) is 13.2. The highest BCUT2D eigenvalue weighted by Crippen LogP contribution is 2.41. The van der Waals surface area contributed by atoms with Gasteiger partial charge in [0.1, 0.15) is 18.3 Å². The van der Waals surface area contributed by atoms with Crippen LogP contribution < -0.4 is 5.32 Å². The van der Waals surface area contributed by atoms with Crippen molar-refractivity contribution in [1.82, 2.24) is 5.32 Å². The van der Waals surface area contributed by atoms with Crippen LogP contribution in [0, 0.1) is 0 Å². The molecule has 3 saturated heterocycles. The standard InChI is InChI=1S/C25H47NO7/c1-5-7-8-9-10-11-12-14-29-20(6-2)30-24-23-22(32-25(3,4)33-23)21(31-24)19(27)16-18-17-26-13-15-28-18/h18-24,26-27H,5-17H2,1-4H3/t18?,19-,20?,21-,22+,23+,24+/m1/s1. The number of unbranched alkanes of at least 4 members (excludes halogenated alkanes) is 6. The van der Waals surface area contributed by atoms with Gasteiger partial charge in [-0.1, -0.05) is 52.4 Å². The van der Waals surface area contributed by atoms with Gasteiger partial charge in [-0.2, -0.15) is 0 Å². The van der Waals surface area contributed by atoms with Crippen molar-refractivity contribution < 1.29 is 33.5 Å². The molecule has 8 nitrogen and oxygen atoms in total. The minimum Gasteiger partial charge on any atom is -0.390 e. The lowest BCUT2D eigenvalue weighted by Crippen LogP contribution is -2.45. The lowest BCUT2D eigenvalue weighted by Gasteiger charge is -2.30. The first-order chi connectivity index (χ1) is 15.9. The highest BCUT2D eigenvalue weighted by Gasteiger charge is 2.58. The fourth-order valence-electron chi connectivity index (χ4n) is 4.86. The van der Waals surface area contributed by atoms with E-state index in [2.05, 4.69) is 12.2 Å². The van der Waals surface area contributed by atoms with Crippen LogP contribution >= 0.6 is 0 Å². The molecule has 3 rings (SSSR count). The minimum absolute atomic E-state index is 0.0419. The van der Waals surface area contributed by atoms with Crippen LogP contribution in [0.15, 0.2) is 0 Å². The molecule has 8 heteroatoms. The quantitative estimate of drug-likeness (QED) is 0.276. The van der Waals surface area contributed by atoms with Gasteiger partial charge in [0.05, 0.1) is 18.8 Å². The van der Waals surface area contributed by atoms with E-state index in [1.807, 2.05) is 20.8 Å². The third-order valence-corrected chi connectivity index (χ3v) is 6.61. The van der Waals surface area contributed by atoms with E-state index in [0.717, 1.165) is 19.5 Å². The number of fused-ring (bicyclic) bond motifs is 1. The van der Waals surface area contributed by atoms with Crippen molar-refractivity contribution in [3.63, 3.8) is 0 Å². The van der Waals surface area contributed by atoms with Crippen molar-refractivity contribution >= 4 is 0 Å². The summed E-state index contributed by atoms with van der Waals surface area (Å²) >= 11 is 0. The van der Waals surface area contributed by atoms with E-state index >= 15 is 0 Å². The fourth-order valence-corrected chi connectivity index (χ4v) is 4.86. The van der Waals surface area contributed by atoms with Crippen LogP contribution in [0.1, 0.15) is 85.5 Å². The first-order valence-corrected chi connectivity index (χ1v) is 13.2. The number of aliphatic hydroxyl groups excluding tert-OH is 1. The molecule has 0 aromatic carbocycles. The summed E-state index contributed by atoms with van der Waals surface area (Å²) in [5.41, 5.74) is 0. The second kappa shape index (κ2) is 13.7. The Balaban J connectivity index is 1.46. The summed E-state index contributed by atoms with van der Waals surface area (Å²) in [4.78, 5) is 0. The van der Waals surface area contributed by atoms with Crippen LogP contribution in [0.25, 0.3) is 0 Å². The second-order valence-electron chi connectivity index (χ2n) is 10.00. The van der Waals surface area contributed by atoms with Crippen molar-refractivity contribution in [2.45, 2.75) is 134 Å². The number of rotatable bonds is 15. The summed E-state index contributed by atoms with van der Waals surface area (Å²) in [6.45, 7) is 10.9. The molecule has 2 unspecified atom stereocenters. The Morgan fingerprint density at radius 2 is 1.76 bits per heavy atom. The third kappa shape index (κ3) is 8.39. The van der Waals surface area contributed by atoms with Crippen LogP contribution in [0.4, 0.5) is 0 Å². The van der Waals surface area contributed by atoms with Gasteiger partial charge in [0.15, 0.2) is 18.4 Å². The monoisotopic (exact) mass is 473 g/mol. The van der Waals surface area contributed by atoms with Crippen LogP contribution in [0.5, 0.6) is 0 Å². The molecule has 3 aliphatic rings. The van der Waals surface area contributed by atoms with Crippen molar-refractivity contribution in [3.8, 4) is 0 Å². The number of aliphatic hydroxyl groups is 1. The normalized spacial score (nSPS) is 33.2. The molecule has 0 bridgehead atoms. The molecule has 0 aromatic heterocycles. The smallest absolute Gasteiger partial charge is 0.190 e. The zero-order chi connectivity index (χ0) is 23.7. The molecular weight excluding hydrogens is 426 g/mol. The van der Waals surface area contributed by atoms with Gasteiger partial charge in [0, 0.05) is 26.1 Å². The summed E-state index contributed by atoms with van der Waals surface area (Å²) in [5, 5.41) is 14.2. The SMILES string of the molecule is CCCCCCCCCOC(CC)O[C@H]1O[C@H]([C@H](O)CC2CNCCO2)[C@@H]2OC(C)(C)O[C@H]12. The van der Waals surface area contributed by atoms with Crippen molar-refractivity contribution in [3.05, 3.63) is 0 Å². The molecule has 0 amide bonds. The van der Waals surface area contributed by atoms with Gasteiger partial charge in [0.2, 0.25) is 0 Å². The van der Waals surface area contributed by atoms with E-state index in [1.165, 1.54) is 38.5 Å². The van der Waals surface area contributed by atoms with Gasteiger partial charge >= 0.3 is 0 Å². The lowest BCUT2D eigenvalue weighted by atomic mass is 10.0. The maximum atomic E-state index is 11.0. The van der Waals surface area contributed by atoms with Gasteiger partial charge in [-0.15, -0.1) is 0 Å². The van der Waals surface area contributed by atoms with E-state index in [1.54, 1.807) is 0 Å². The van der Waals surface area contributed by atoms with E-state index in [-0.39, 0.29) is 12.4 Å². The van der Waals surface area contributed by atoms with Crippen LogP contribution in [0.3, 0.4) is 0 Å². The van der Waals surface area contributed by atoms with Crippen LogP contribution in [0.2, 0.25) is 0 Å².